The van der Waals surface area contributed by atoms with Crippen LogP contribution in [0.1, 0.15) is 37.8 Å². The average Bonchev–Trinajstić information content (AvgIpc) is 2.32. The van der Waals surface area contributed by atoms with Gasteiger partial charge in [-0.1, -0.05) is 19.1 Å². The van der Waals surface area contributed by atoms with E-state index in [1.165, 1.54) is 18.4 Å². The predicted octanol–water partition coefficient (Wildman–Crippen LogP) is 2.90. The Morgan fingerprint density at radius 2 is 2.06 bits per heavy atom. The minimum atomic E-state index is 0.166. The van der Waals surface area contributed by atoms with E-state index in [9.17, 15) is 0 Å². The van der Waals surface area contributed by atoms with Crippen molar-refractivity contribution in [1.29, 1.82) is 5.41 Å². The zero-order valence-corrected chi connectivity index (χ0v) is 11.5. The zero-order valence-electron chi connectivity index (χ0n) is 11.5. The summed E-state index contributed by atoms with van der Waals surface area (Å²) < 4.78 is 0. The number of nitrogens with zero attached hydrogens (tertiary/aromatic N) is 1. The molecule has 3 heteroatoms. The molecule has 0 bridgehead atoms. The Morgan fingerprint density at radius 1 is 1.33 bits per heavy atom. The van der Waals surface area contributed by atoms with Crippen LogP contribution in [0.15, 0.2) is 18.2 Å². The number of rotatable bonds is 2. The van der Waals surface area contributed by atoms with Crippen LogP contribution in [0.3, 0.4) is 0 Å². The molecule has 18 heavy (non-hydrogen) atoms. The Balaban J connectivity index is 2.45. The first-order chi connectivity index (χ1) is 8.50. The number of nitrogen functional groups attached to an aromatic ring is 1. The van der Waals surface area contributed by atoms with E-state index in [0.29, 0.717) is 12.0 Å². The monoisotopic (exact) mass is 245 g/mol. The van der Waals surface area contributed by atoms with E-state index in [1.807, 2.05) is 12.1 Å². The highest BCUT2D eigenvalue weighted by molar-refractivity contribution is 6.01. The molecule has 1 aliphatic rings. The smallest absolute Gasteiger partial charge is 0.124 e. The lowest BCUT2D eigenvalue weighted by Crippen LogP contribution is -2.42. The van der Waals surface area contributed by atoms with Gasteiger partial charge >= 0.3 is 0 Å². The number of aryl methyl sites for hydroxylation is 1. The highest BCUT2D eigenvalue weighted by Crippen LogP contribution is 2.32. The Morgan fingerprint density at radius 3 is 2.72 bits per heavy atom. The summed E-state index contributed by atoms with van der Waals surface area (Å²) in [6, 6.07) is 6.57. The van der Waals surface area contributed by atoms with Gasteiger partial charge in [0.2, 0.25) is 0 Å². The highest BCUT2D eigenvalue weighted by Gasteiger charge is 2.26. The fraction of sp³-hybridized carbons (Fsp3) is 0.533. The molecule has 1 fully saturated rings. The maximum atomic E-state index is 7.76. The van der Waals surface area contributed by atoms with Crippen LogP contribution in [0.25, 0.3) is 0 Å². The van der Waals surface area contributed by atoms with E-state index in [0.717, 1.165) is 17.8 Å². The fourth-order valence-corrected chi connectivity index (χ4v) is 2.86. The molecule has 1 aliphatic heterocycles. The molecule has 0 spiro atoms. The number of anilines is 1. The summed E-state index contributed by atoms with van der Waals surface area (Å²) in [5, 5.41) is 7.76. The first-order valence-electron chi connectivity index (χ1n) is 6.71. The van der Waals surface area contributed by atoms with Gasteiger partial charge in [0.15, 0.2) is 0 Å². The number of hydrogen-bond acceptors (Lipinski definition) is 2. The molecule has 3 nitrogen and oxygen atoms in total. The molecule has 2 atom stereocenters. The Hall–Kier alpha value is -1.51. The number of para-hydroxylation sites is 1. The van der Waals surface area contributed by atoms with Crippen molar-refractivity contribution in [3.8, 4) is 0 Å². The van der Waals surface area contributed by atoms with E-state index in [4.69, 9.17) is 11.1 Å². The van der Waals surface area contributed by atoms with Crippen LogP contribution in [-0.2, 0) is 0 Å². The third-order valence-corrected chi connectivity index (χ3v) is 3.93. The van der Waals surface area contributed by atoms with Crippen LogP contribution in [0.2, 0.25) is 0 Å². The first kappa shape index (κ1) is 12.9. The number of hydrogen-bond donors (Lipinski definition) is 2. The molecule has 3 N–H and O–H groups in total. The molecule has 2 rings (SSSR count). The zero-order chi connectivity index (χ0) is 13.3. The highest BCUT2D eigenvalue weighted by atomic mass is 15.2. The molecular formula is C15H23N3. The number of amidine groups is 1. The largest absolute Gasteiger partial charge is 0.384 e. The lowest BCUT2D eigenvalue weighted by molar-refractivity contribution is 0.390. The quantitative estimate of drug-likeness (QED) is 0.622. The molecular weight excluding hydrogens is 222 g/mol. The van der Waals surface area contributed by atoms with Gasteiger partial charge in [-0.05, 0) is 44.2 Å². The van der Waals surface area contributed by atoms with Gasteiger partial charge in [0, 0.05) is 18.2 Å². The van der Waals surface area contributed by atoms with Gasteiger partial charge in [-0.3, -0.25) is 5.41 Å². The molecule has 0 amide bonds. The second-order valence-electron chi connectivity index (χ2n) is 5.57. The van der Waals surface area contributed by atoms with Crippen LogP contribution >= 0.6 is 0 Å². The van der Waals surface area contributed by atoms with Crippen molar-refractivity contribution < 1.29 is 0 Å². The second kappa shape index (κ2) is 5.01. The number of piperidine rings is 1. The van der Waals surface area contributed by atoms with Crippen LogP contribution in [0.4, 0.5) is 5.69 Å². The van der Waals surface area contributed by atoms with Gasteiger partial charge in [0.25, 0.3) is 0 Å². The molecule has 2 unspecified atom stereocenters. The third kappa shape index (κ3) is 2.35. The van der Waals surface area contributed by atoms with E-state index < -0.39 is 0 Å². The summed E-state index contributed by atoms with van der Waals surface area (Å²) in [6.07, 6.45) is 2.51. The van der Waals surface area contributed by atoms with Crippen LogP contribution < -0.4 is 10.6 Å². The van der Waals surface area contributed by atoms with Crippen LogP contribution in [-0.4, -0.2) is 18.4 Å². The number of nitrogens with two attached hydrogens (primary N) is 1. The lowest BCUT2D eigenvalue weighted by atomic mass is 9.92. The molecule has 0 aliphatic carbocycles. The summed E-state index contributed by atoms with van der Waals surface area (Å²) in [4.78, 5) is 2.43. The molecule has 1 saturated heterocycles. The molecule has 1 aromatic carbocycles. The summed E-state index contributed by atoms with van der Waals surface area (Å²) in [5.41, 5.74) is 8.97. The van der Waals surface area contributed by atoms with Gasteiger partial charge in [-0.25, -0.2) is 0 Å². The number of nitrogens with one attached hydrogen (secondary N) is 1. The van der Waals surface area contributed by atoms with Crippen molar-refractivity contribution in [3.05, 3.63) is 29.3 Å². The minimum Gasteiger partial charge on any atom is -0.384 e. The summed E-state index contributed by atoms with van der Waals surface area (Å²) in [7, 11) is 0. The summed E-state index contributed by atoms with van der Waals surface area (Å²) in [6.45, 7) is 7.73. The van der Waals surface area contributed by atoms with Crippen LogP contribution in [0, 0.1) is 18.3 Å². The van der Waals surface area contributed by atoms with Crippen molar-refractivity contribution in [2.45, 2.75) is 39.7 Å². The van der Waals surface area contributed by atoms with Crippen molar-refractivity contribution in [3.63, 3.8) is 0 Å². The fourth-order valence-electron chi connectivity index (χ4n) is 2.86. The first-order valence-corrected chi connectivity index (χ1v) is 6.71. The van der Waals surface area contributed by atoms with Gasteiger partial charge in [-0.15, -0.1) is 0 Å². The third-order valence-electron chi connectivity index (χ3n) is 3.93. The second-order valence-corrected chi connectivity index (χ2v) is 5.57. The van der Waals surface area contributed by atoms with E-state index in [1.54, 1.807) is 0 Å². The molecule has 98 valence electrons. The van der Waals surface area contributed by atoms with Crippen LogP contribution in [0.5, 0.6) is 0 Å². The SMILES string of the molecule is Cc1cccc(C(=N)N)c1N1CC(C)CCC1C. The maximum absolute atomic E-state index is 7.76. The summed E-state index contributed by atoms with van der Waals surface area (Å²) in [5.74, 6) is 0.875. The summed E-state index contributed by atoms with van der Waals surface area (Å²) >= 11 is 0. The Kier molecular flexibility index (Phi) is 3.60. The minimum absolute atomic E-state index is 0.166. The molecule has 0 aromatic heterocycles. The van der Waals surface area contributed by atoms with Crippen molar-refractivity contribution in [2.75, 3.05) is 11.4 Å². The average molecular weight is 245 g/mol. The van der Waals surface area contributed by atoms with Gasteiger partial charge < -0.3 is 10.6 Å². The molecule has 0 radical (unpaired) electrons. The lowest BCUT2D eigenvalue weighted by Gasteiger charge is -2.40. The van der Waals surface area contributed by atoms with Crippen molar-refractivity contribution >= 4 is 11.5 Å². The van der Waals surface area contributed by atoms with E-state index >= 15 is 0 Å². The topological polar surface area (TPSA) is 53.1 Å². The van der Waals surface area contributed by atoms with Gasteiger partial charge in [0.1, 0.15) is 5.84 Å². The van der Waals surface area contributed by atoms with Gasteiger partial charge in [0.05, 0.1) is 5.69 Å². The van der Waals surface area contributed by atoms with E-state index in [-0.39, 0.29) is 5.84 Å². The van der Waals surface area contributed by atoms with E-state index in [2.05, 4.69) is 31.7 Å². The molecule has 0 saturated carbocycles. The maximum Gasteiger partial charge on any atom is 0.124 e. The Bertz CT molecular complexity index is 453. The Labute approximate surface area is 109 Å². The molecule has 1 aromatic rings. The standard InChI is InChI=1S/C15H23N3/c1-10-7-8-12(3)18(9-10)14-11(2)5-4-6-13(14)15(16)17/h4-6,10,12H,7-9H2,1-3H3,(H3,16,17). The van der Waals surface area contributed by atoms with Crippen molar-refractivity contribution in [2.24, 2.45) is 11.7 Å². The normalized spacial score (nSPS) is 24.1. The van der Waals surface area contributed by atoms with Gasteiger partial charge in [-0.2, -0.15) is 0 Å². The van der Waals surface area contributed by atoms with Crippen molar-refractivity contribution in [1.82, 2.24) is 0 Å². The predicted molar refractivity (Wildman–Crippen MR) is 77.4 cm³/mol. The number of benzene rings is 1. The molecule has 1 heterocycles.